The van der Waals surface area contributed by atoms with Crippen LogP contribution in [0.2, 0.25) is 0 Å². The van der Waals surface area contributed by atoms with E-state index in [1.807, 2.05) is 37.5 Å². The fourth-order valence-corrected chi connectivity index (χ4v) is 2.07. The van der Waals surface area contributed by atoms with E-state index in [0.717, 1.165) is 27.9 Å². The Labute approximate surface area is 104 Å². The quantitative estimate of drug-likeness (QED) is 0.723. The second kappa shape index (κ2) is 3.80. The molecule has 0 unspecified atom stereocenters. The molecule has 5 heteroatoms. The summed E-state index contributed by atoms with van der Waals surface area (Å²) in [5.74, 6) is 1.46. The summed E-state index contributed by atoms with van der Waals surface area (Å²) in [6.07, 6.45) is 1.89. The van der Waals surface area contributed by atoms with Crippen molar-refractivity contribution in [3.63, 3.8) is 0 Å². The summed E-state index contributed by atoms with van der Waals surface area (Å²) in [5.41, 5.74) is 8.64. The van der Waals surface area contributed by atoms with Gasteiger partial charge in [-0.2, -0.15) is 5.10 Å². The Morgan fingerprint density at radius 3 is 2.83 bits per heavy atom. The number of nitrogens with two attached hydrogens (primary N) is 1. The molecular weight excluding hydrogens is 228 g/mol. The Morgan fingerprint density at radius 1 is 1.33 bits per heavy atom. The molecule has 0 spiro atoms. The molecule has 5 nitrogen and oxygen atoms in total. The highest BCUT2D eigenvalue weighted by atomic mass is 16.5. The molecule has 2 heterocycles. The number of benzene rings is 1. The van der Waals surface area contributed by atoms with E-state index in [1.165, 1.54) is 0 Å². The molecule has 2 aromatic heterocycles. The maximum absolute atomic E-state index is 5.80. The van der Waals surface area contributed by atoms with Crippen LogP contribution in [0, 0.1) is 0 Å². The Morgan fingerprint density at radius 2 is 2.17 bits per heavy atom. The molecule has 0 amide bonds. The monoisotopic (exact) mass is 242 g/mol. The minimum Gasteiger partial charge on any atom is -0.496 e. The highest BCUT2D eigenvalue weighted by Crippen LogP contribution is 2.31. The number of fused-ring (bicyclic) bond motifs is 1. The van der Waals surface area contributed by atoms with Gasteiger partial charge in [-0.05, 0) is 18.2 Å². The van der Waals surface area contributed by atoms with Gasteiger partial charge in [-0.1, -0.05) is 0 Å². The van der Waals surface area contributed by atoms with Crippen LogP contribution in [0.4, 0.5) is 5.82 Å². The van der Waals surface area contributed by atoms with Crippen LogP contribution in [-0.2, 0) is 7.05 Å². The van der Waals surface area contributed by atoms with Crippen LogP contribution in [-0.4, -0.2) is 21.9 Å². The van der Waals surface area contributed by atoms with Gasteiger partial charge in [-0.15, -0.1) is 0 Å². The summed E-state index contributed by atoms with van der Waals surface area (Å²) in [7, 11) is 3.49. The number of aromatic nitrogens is 3. The Hall–Kier alpha value is -2.43. The van der Waals surface area contributed by atoms with Gasteiger partial charge in [0, 0.05) is 35.8 Å². The highest BCUT2D eigenvalue weighted by Gasteiger charge is 2.10. The van der Waals surface area contributed by atoms with Crippen molar-refractivity contribution in [1.82, 2.24) is 14.8 Å². The summed E-state index contributed by atoms with van der Waals surface area (Å²) in [6.45, 7) is 0. The average Bonchev–Trinajstić information content (AvgIpc) is 2.95. The third kappa shape index (κ3) is 1.52. The fraction of sp³-hybridized carbons (Fsp3) is 0.154. The summed E-state index contributed by atoms with van der Waals surface area (Å²) in [6, 6.07) is 7.85. The van der Waals surface area contributed by atoms with Crippen molar-refractivity contribution in [2.24, 2.45) is 7.05 Å². The summed E-state index contributed by atoms with van der Waals surface area (Å²) < 4.78 is 7.05. The smallest absolute Gasteiger partial charge is 0.128 e. The molecule has 1 aromatic carbocycles. The molecule has 0 fully saturated rings. The lowest BCUT2D eigenvalue weighted by Gasteiger charge is -2.04. The van der Waals surface area contributed by atoms with Gasteiger partial charge < -0.3 is 15.5 Å². The van der Waals surface area contributed by atoms with Crippen LogP contribution in [0.3, 0.4) is 0 Å². The number of aryl methyl sites for hydroxylation is 1. The molecule has 3 N–H and O–H groups in total. The van der Waals surface area contributed by atoms with Crippen LogP contribution in [0.15, 0.2) is 30.5 Å². The Kier molecular flexibility index (Phi) is 2.26. The maximum Gasteiger partial charge on any atom is 0.128 e. The van der Waals surface area contributed by atoms with E-state index in [1.54, 1.807) is 11.8 Å². The topological polar surface area (TPSA) is 68.9 Å². The molecule has 0 aliphatic carbocycles. The number of hydrogen-bond donors (Lipinski definition) is 2. The first-order valence-corrected chi connectivity index (χ1v) is 5.64. The van der Waals surface area contributed by atoms with Crippen molar-refractivity contribution < 1.29 is 4.74 Å². The van der Waals surface area contributed by atoms with Crippen LogP contribution in [0.25, 0.3) is 22.2 Å². The first-order valence-electron chi connectivity index (χ1n) is 5.64. The Balaban J connectivity index is 2.22. The predicted octanol–water partition coefficient (Wildman–Crippen LogP) is 2.16. The van der Waals surface area contributed by atoms with Gasteiger partial charge in [0.25, 0.3) is 0 Å². The van der Waals surface area contributed by atoms with E-state index < -0.39 is 0 Å². The van der Waals surface area contributed by atoms with Gasteiger partial charge in [-0.3, -0.25) is 4.68 Å². The van der Waals surface area contributed by atoms with E-state index in [-0.39, 0.29) is 0 Å². The van der Waals surface area contributed by atoms with Crippen molar-refractivity contribution in [1.29, 1.82) is 0 Å². The van der Waals surface area contributed by atoms with Crippen molar-refractivity contribution in [2.45, 2.75) is 0 Å². The number of H-pyrrole nitrogens is 1. The van der Waals surface area contributed by atoms with E-state index in [4.69, 9.17) is 10.5 Å². The number of anilines is 1. The molecule has 0 bridgehead atoms. The third-order valence-corrected chi connectivity index (χ3v) is 3.06. The number of ether oxygens (including phenoxy) is 1. The van der Waals surface area contributed by atoms with Crippen LogP contribution < -0.4 is 10.5 Å². The zero-order valence-corrected chi connectivity index (χ0v) is 10.3. The van der Waals surface area contributed by atoms with E-state index >= 15 is 0 Å². The average molecular weight is 242 g/mol. The number of nitrogens with one attached hydrogen (secondary N) is 1. The molecule has 0 aliphatic heterocycles. The van der Waals surface area contributed by atoms with Gasteiger partial charge in [0.15, 0.2) is 0 Å². The molecular formula is C13H14N4O. The number of nitrogens with zero attached hydrogens (tertiary/aromatic N) is 2. The van der Waals surface area contributed by atoms with Crippen molar-refractivity contribution >= 4 is 16.7 Å². The van der Waals surface area contributed by atoms with Gasteiger partial charge >= 0.3 is 0 Å². The lowest BCUT2D eigenvalue weighted by Crippen LogP contribution is -1.96. The number of rotatable bonds is 2. The van der Waals surface area contributed by atoms with Crippen LogP contribution in [0.5, 0.6) is 5.75 Å². The predicted molar refractivity (Wildman–Crippen MR) is 71.5 cm³/mol. The Bertz CT molecular complexity index is 691. The van der Waals surface area contributed by atoms with Crippen molar-refractivity contribution in [2.75, 3.05) is 12.8 Å². The molecule has 3 rings (SSSR count). The first kappa shape index (κ1) is 10.7. The van der Waals surface area contributed by atoms with Gasteiger partial charge in [-0.25, -0.2) is 0 Å². The van der Waals surface area contributed by atoms with Crippen LogP contribution >= 0.6 is 0 Å². The number of methoxy groups -OCH3 is 1. The lowest BCUT2D eigenvalue weighted by atomic mass is 10.1. The van der Waals surface area contributed by atoms with Gasteiger partial charge in [0.05, 0.1) is 12.8 Å². The standard InChI is InChI=1S/C13H14N4O/c1-17-13(14)7-10(16-17)8-5-11-9(3-4-15-11)12(6-8)18-2/h3-7,15H,14H2,1-2H3. The number of aromatic amines is 1. The summed E-state index contributed by atoms with van der Waals surface area (Å²) >= 11 is 0. The molecule has 92 valence electrons. The molecule has 0 atom stereocenters. The molecule has 3 aromatic rings. The van der Waals surface area contributed by atoms with Crippen molar-refractivity contribution in [3.8, 4) is 17.0 Å². The summed E-state index contributed by atoms with van der Waals surface area (Å²) in [5, 5.41) is 5.43. The fourth-order valence-electron chi connectivity index (χ4n) is 2.07. The largest absolute Gasteiger partial charge is 0.496 e. The molecule has 0 aliphatic rings. The molecule has 0 saturated carbocycles. The molecule has 0 saturated heterocycles. The minimum atomic E-state index is 0.635. The SMILES string of the molecule is COc1cc(-c2cc(N)n(C)n2)cc2[nH]ccc12. The van der Waals surface area contributed by atoms with Gasteiger partial charge in [0.1, 0.15) is 11.6 Å². The normalized spacial score (nSPS) is 11.0. The van der Waals surface area contributed by atoms with E-state index in [9.17, 15) is 0 Å². The first-order chi connectivity index (χ1) is 8.69. The molecule has 0 radical (unpaired) electrons. The second-order valence-corrected chi connectivity index (χ2v) is 4.20. The van der Waals surface area contributed by atoms with Crippen LogP contribution in [0.1, 0.15) is 0 Å². The number of nitrogen functional groups attached to an aromatic ring is 1. The minimum absolute atomic E-state index is 0.635. The van der Waals surface area contributed by atoms with Gasteiger partial charge in [0.2, 0.25) is 0 Å². The lowest BCUT2D eigenvalue weighted by molar-refractivity contribution is 0.420. The van der Waals surface area contributed by atoms with E-state index in [2.05, 4.69) is 10.1 Å². The second-order valence-electron chi connectivity index (χ2n) is 4.20. The summed E-state index contributed by atoms with van der Waals surface area (Å²) in [4.78, 5) is 3.18. The third-order valence-electron chi connectivity index (χ3n) is 3.06. The maximum atomic E-state index is 5.80. The molecule has 18 heavy (non-hydrogen) atoms. The highest BCUT2D eigenvalue weighted by molar-refractivity contribution is 5.90. The zero-order chi connectivity index (χ0) is 12.7. The van der Waals surface area contributed by atoms with Crippen molar-refractivity contribution in [3.05, 3.63) is 30.5 Å². The zero-order valence-electron chi connectivity index (χ0n) is 10.3. The number of hydrogen-bond acceptors (Lipinski definition) is 3. The van der Waals surface area contributed by atoms with E-state index in [0.29, 0.717) is 5.82 Å².